The van der Waals surface area contributed by atoms with E-state index >= 15 is 0 Å². The Bertz CT molecular complexity index is 5560. The number of carboxylic acids is 1. The Kier molecular flexibility index (Phi) is 30.0. The lowest BCUT2D eigenvalue weighted by atomic mass is 9.88. The fourth-order valence-corrected chi connectivity index (χ4v) is 24.1. The van der Waals surface area contributed by atoms with Crippen LogP contribution in [0.25, 0.3) is 11.1 Å². The first-order valence-corrected chi connectivity index (χ1v) is 46.7. The maximum Gasteiger partial charge on any atom is 0.410 e. The van der Waals surface area contributed by atoms with Crippen molar-refractivity contribution >= 4 is 124 Å². The lowest BCUT2D eigenvalue weighted by Crippen LogP contribution is -2.64. The maximum atomic E-state index is 14.7. The van der Waals surface area contributed by atoms with Crippen molar-refractivity contribution in [1.82, 2.24) is 49.0 Å². The number of rotatable bonds is 12. The van der Waals surface area contributed by atoms with Gasteiger partial charge in [0.1, 0.15) is 65.4 Å². The summed E-state index contributed by atoms with van der Waals surface area (Å²) in [6.07, 6.45) is 32.3. The lowest BCUT2D eigenvalue weighted by molar-refractivity contribution is -0.193. The second-order valence-corrected chi connectivity index (χ2v) is 37.5. The molecule has 4 aromatic carbocycles. The minimum Gasteiger partial charge on any atom is -0.480 e. The van der Waals surface area contributed by atoms with Crippen LogP contribution in [-0.2, 0) is 94.3 Å². The summed E-state index contributed by atoms with van der Waals surface area (Å²) in [6.45, 7) is 7.59. The average Bonchev–Trinajstić information content (AvgIpc) is 1.54. The van der Waals surface area contributed by atoms with E-state index in [4.69, 9.17) is 47.1 Å². The Labute approximate surface area is 788 Å². The second-order valence-electron chi connectivity index (χ2n) is 36.6. The molecule has 17 atom stereocenters. The van der Waals surface area contributed by atoms with Crippen molar-refractivity contribution < 1.29 is 91.4 Å². The monoisotopic (exact) mass is 1870 g/mol. The van der Waals surface area contributed by atoms with Gasteiger partial charge in [-0.25, -0.2) is 19.6 Å². The van der Waals surface area contributed by atoms with Crippen molar-refractivity contribution in [3.05, 3.63) is 190 Å². The number of carbonyl (C=O) groups excluding carboxylic acids is 16. The zero-order valence-corrected chi connectivity index (χ0v) is 75.3. The zero-order chi connectivity index (χ0) is 93.3. The molecule has 2 spiro atoms. The molecule has 134 heavy (non-hydrogen) atoms. The quantitative estimate of drug-likeness (QED) is 0.102. The van der Waals surface area contributed by atoms with Gasteiger partial charge in [-0.15, -0.1) is 0 Å². The number of nitrogens with zero attached hydrogens (tertiary/aromatic N) is 12. The third kappa shape index (κ3) is 18.1. The van der Waals surface area contributed by atoms with E-state index in [9.17, 15) is 67.4 Å². The van der Waals surface area contributed by atoms with Crippen LogP contribution in [-0.4, -0.2) is 284 Å². The van der Waals surface area contributed by atoms with Gasteiger partial charge in [0.15, 0.2) is 0 Å². The highest BCUT2D eigenvalue weighted by Gasteiger charge is 2.62. The van der Waals surface area contributed by atoms with Gasteiger partial charge in [0, 0.05) is 106 Å². The van der Waals surface area contributed by atoms with Crippen LogP contribution in [0.1, 0.15) is 179 Å². The number of aliphatic imine (C=N–C) groups is 2. The number of halogens is 2. The first kappa shape index (κ1) is 97.6. The summed E-state index contributed by atoms with van der Waals surface area (Å²) in [6, 6.07) is 26.1. The van der Waals surface area contributed by atoms with Crippen molar-refractivity contribution in [2.24, 2.45) is 27.7 Å². The molecule has 10 saturated heterocycles. The molecule has 1 N–H and O–H groups in total. The molecule has 33 heteroatoms. The molecule has 1 aliphatic carbocycles. The highest BCUT2D eigenvalue weighted by atomic mass is 35.5. The number of ether oxygens (including phenoxy) is 1. The third-order valence-electron chi connectivity index (χ3n) is 29.7. The van der Waals surface area contributed by atoms with Crippen molar-refractivity contribution in [1.29, 1.82) is 0 Å². The number of hydrogen-bond donors (Lipinski definition) is 1. The van der Waals surface area contributed by atoms with Gasteiger partial charge < -0.3 is 53.9 Å². The number of amides is 12. The molecule has 15 heterocycles. The van der Waals surface area contributed by atoms with Crippen molar-refractivity contribution in [3.63, 3.8) is 0 Å². The van der Waals surface area contributed by atoms with Crippen molar-refractivity contribution in [2.75, 3.05) is 45.9 Å². The van der Waals surface area contributed by atoms with Gasteiger partial charge >= 0.3 is 24.4 Å². The Hall–Kier alpha value is -12.4. The summed E-state index contributed by atoms with van der Waals surface area (Å²) in [5.74, 6) is -4.38. The molecular formula is C101H114Cl2N12O19. The third-order valence-corrected chi connectivity index (χ3v) is 30.4. The van der Waals surface area contributed by atoms with E-state index in [1.165, 1.54) is 33.4 Å². The molecular weight excluding hydrogens is 1760 g/mol. The molecule has 0 unspecified atom stereocenters. The lowest BCUT2D eigenvalue weighted by Gasteiger charge is -2.44. The summed E-state index contributed by atoms with van der Waals surface area (Å²) >= 11 is 12.8. The van der Waals surface area contributed by atoms with Crippen molar-refractivity contribution in [2.45, 2.75) is 254 Å². The summed E-state index contributed by atoms with van der Waals surface area (Å²) in [4.78, 5) is 234. The van der Waals surface area contributed by atoms with Crippen LogP contribution >= 0.6 is 23.2 Å². The standard InChI is InChI=1S/C36H42ClN5O5.C34H38ClN5O5.C27H26N2O5.2CO2.2CH4/c1-3-25-11-12-26-10-9-23-16-20-39(31(23)34(46)41(25)26)33(45)30-14-13-27-15-18-36(35(47)42(27)30)17-6-19-40(36)32(44)29(38-22(2)43)21-24-7-4-5-8-28(24)37;1-21(41)36-27(20-23-6-2-3-8-26(23)35)30(42)39-18-5-15-34(39)16-13-25-11-12-28(40(25)33(34)45)31(43)38-19-14-22-9-10-24-7-4-17-37(24)32(44)29(22)38;30-25-24-16(9-10-17-11-12-23(26(31)32)29(17)25)13-14-28(24)27(33)34-15-22-20-7-3-1-5-18(20)19-6-2-4-8-21(19)22;2*2-1-3;;/h4-5,7-10,15,18,23,25-27,30-31H,3,6,11-14,16-17,19-21H2,1-2H3;2-3,6,8-10,13,16,22,24-25,28-29H,4-5,7,11-12,14-15,17-20H2,1H3;1-10,16-17,22-24H,11-15H2,(H,31,32);;;2*1H4/t23-,25+,26-,27-,30-,31-,36+;22-,24+,25-,28-,29-,34+;16-,17-,23-,24-;;;;/m000..../s1. The zero-order valence-electron chi connectivity index (χ0n) is 73.8. The molecule has 12 amide bonds. The molecule has 0 aromatic heterocycles. The molecule has 10 fully saturated rings. The van der Waals surface area contributed by atoms with Gasteiger partial charge in [-0.3, -0.25) is 57.6 Å². The second kappa shape index (κ2) is 41.2. The molecule has 0 radical (unpaired) electrons. The highest BCUT2D eigenvalue weighted by Crippen LogP contribution is 2.49. The van der Waals surface area contributed by atoms with E-state index in [2.05, 4.69) is 65.5 Å². The van der Waals surface area contributed by atoms with E-state index < -0.39 is 83.0 Å². The molecule has 706 valence electrons. The largest absolute Gasteiger partial charge is 0.480 e. The SMILES string of the molecule is C.C.CC(=O)N=C(Cc1ccccc1Cl)C(=O)N1CCC[C@]12C=C[C@@H]1CC[C@@H](C(=O)N3CC[C@@H]4C=C[C@H]5CCCN5C(=O)[C@H]43)N1C2=O.CC[C@@H]1CC[C@@H]2C=C[C@H]3CCN(C(=O)[C@@H]4CC[C@H]5C=C[C@]6(CCCN6C(=O)C(Cc6ccccc6Cl)=NC(C)=O)C(=O)N54)[C@@H]3C(=O)N12.O=C(O)[C@@H]1CC[C@@H]2C=C[C@H]3CCN(C(=O)OCC4c5ccccc5-c5ccccc54)[C@@H]3C(=O)N21.O=C=O.O=C=O. The smallest absolute Gasteiger partial charge is 0.410 e. The highest BCUT2D eigenvalue weighted by molar-refractivity contribution is 6.43. The summed E-state index contributed by atoms with van der Waals surface area (Å²) in [7, 11) is 0. The van der Waals surface area contributed by atoms with Crippen molar-refractivity contribution in [3.8, 4) is 11.1 Å². The first-order valence-electron chi connectivity index (χ1n) is 46.0. The fourth-order valence-electron chi connectivity index (χ4n) is 23.7. The van der Waals surface area contributed by atoms with Gasteiger partial charge in [-0.1, -0.05) is 191 Å². The van der Waals surface area contributed by atoms with Gasteiger partial charge in [0.25, 0.3) is 23.6 Å². The van der Waals surface area contributed by atoms with E-state index in [1.54, 1.807) is 68.1 Å². The predicted octanol–water partition coefficient (Wildman–Crippen LogP) is 10.4. The molecule has 4 aromatic rings. The van der Waals surface area contributed by atoms with E-state index in [1.807, 2.05) is 70.5 Å². The minimum absolute atomic E-state index is 0. The number of benzene rings is 4. The Morgan fingerprint density at radius 1 is 0.448 bits per heavy atom. The Balaban J connectivity index is 0.000000157. The van der Waals surface area contributed by atoms with Crippen LogP contribution in [0, 0.1) is 17.8 Å². The maximum absolute atomic E-state index is 14.7. The molecule has 15 aliphatic heterocycles. The van der Waals surface area contributed by atoms with Gasteiger partial charge in [0.2, 0.25) is 41.4 Å². The fraction of sp³-hybridized carbons (Fsp3) is 0.495. The van der Waals surface area contributed by atoms with Gasteiger partial charge in [-0.05, 0) is 161 Å². The van der Waals surface area contributed by atoms with E-state index in [0.717, 1.165) is 67.2 Å². The topological polar surface area (TPSA) is 377 Å². The minimum atomic E-state index is -1.28. The van der Waals surface area contributed by atoms with Gasteiger partial charge in [-0.2, -0.15) is 19.2 Å². The van der Waals surface area contributed by atoms with Crippen LogP contribution in [0.5, 0.6) is 0 Å². The normalized spacial score (nSPS) is 29.4. The summed E-state index contributed by atoms with van der Waals surface area (Å²) in [5, 5.41) is 10.5. The Morgan fingerprint density at radius 3 is 1.31 bits per heavy atom. The number of likely N-dealkylation sites (tertiary alicyclic amines) is 5. The van der Waals surface area contributed by atoms with Crippen LogP contribution in [0.3, 0.4) is 0 Å². The van der Waals surface area contributed by atoms with Crippen LogP contribution < -0.4 is 0 Å². The Morgan fingerprint density at radius 2 is 0.851 bits per heavy atom. The van der Waals surface area contributed by atoms with Crippen LogP contribution in [0.4, 0.5) is 4.79 Å². The number of hydrogen-bond acceptors (Lipinski definition) is 18. The predicted molar refractivity (Wildman–Crippen MR) is 491 cm³/mol. The number of carbonyl (C=O) groups is 13. The van der Waals surface area contributed by atoms with Crippen LogP contribution in [0.15, 0.2) is 168 Å². The molecule has 20 rings (SSSR count). The number of aliphatic carboxylic acids is 1. The number of carboxylic acid groups (broad SMARTS) is 1. The van der Waals surface area contributed by atoms with Gasteiger partial charge in [0.05, 0.1) is 30.2 Å². The van der Waals surface area contributed by atoms with E-state index in [0.29, 0.717) is 131 Å². The molecule has 16 aliphatic rings. The number of fused-ring (bicyclic) bond motifs is 11. The average molecular weight is 1870 g/mol. The first-order chi connectivity index (χ1) is 63.7. The van der Waals surface area contributed by atoms with E-state index in [-0.39, 0.29) is 159 Å². The molecule has 0 bridgehead atoms. The molecule has 31 nitrogen and oxygen atoms in total. The molecule has 0 saturated carbocycles. The summed E-state index contributed by atoms with van der Waals surface area (Å²) < 4.78 is 5.82. The summed E-state index contributed by atoms with van der Waals surface area (Å²) in [5.41, 5.74) is 3.39. The van der Waals surface area contributed by atoms with Crippen LogP contribution in [0.2, 0.25) is 10.0 Å².